The van der Waals surface area contributed by atoms with E-state index >= 15 is 0 Å². The Morgan fingerprint density at radius 1 is 1.30 bits per heavy atom. The second-order valence-electron chi connectivity index (χ2n) is 5.71. The molecule has 0 bridgehead atoms. The first-order chi connectivity index (χ1) is 9.81. The topological polar surface area (TPSA) is 21.3 Å². The molecule has 0 saturated carbocycles. The fourth-order valence-electron chi connectivity index (χ4n) is 2.96. The Hall–Kier alpha value is -0.930. The number of benzene rings is 1. The number of ether oxygens (including phenoxy) is 1. The highest BCUT2D eigenvalue weighted by molar-refractivity contribution is 5.22. The summed E-state index contributed by atoms with van der Waals surface area (Å²) < 4.78 is 19.5. The Kier molecular flexibility index (Phi) is 6.48. The lowest BCUT2D eigenvalue weighted by molar-refractivity contribution is 0.0615. The number of nitrogens with one attached hydrogen (secondary N) is 1. The van der Waals surface area contributed by atoms with Gasteiger partial charge in [0.15, 0.2) is 0 Å². The molecule has 1 atom stereocenters. The predicted octanol–water partition coefficient (Wildman–Crippen LogP) is 3.73. The summed E-state index contributed by atoms with van der Waals surface area (Å²) in [5, 5.41) is 3.45. The summed E-state index contributed by atoms with van der Waals surface area (Å²) in [6, 6.07) is 7.22. The second kappa shape index (κ2) is 8.38. The first kappa shape index (κ1) is 15.5. The molecule has 0 radical (unpaired) electrons. The fraction of sp³-hybridized carbons (Fsp3) is 0.647. The van der Waals surface area contributed by atoms with Crippen LogP contribution in [0.3, 0.4) is 0 Å². The maximum absolute atomic E-state index is 14.1. The molecule has 3 heteroatoms. The first-order valence-electron chi connectivity index (χ1n) is 7.84. The van der Waals surface area contributed by atoms with Crippen molar-refractivity contribution in [2.45, 2.75) is 38.5 Å². The van der Waals surface area contributed by atoms with Crippen molar-refractivity contribution in [1.29, 1.82) is 0 Å². The molecule has 20 heavy (non-hydrogen) atoms. The Morgan fingerprint density at radius 2 is 2.05 bits per heavy atom. The van der Waals surface area contributed by atoms with Crippen LogP contribution in [0.2, 0.25) is 0 Å². The van der Waals surface area contributed by atoms with Crippen molar-refractivity contribution >= 4 is 0 Å². The lowest BCUT2D eigenvalue weighted by Crippen LogP contribution is -2.26. The highest BCUT2D eigenvalue weighted by Gasteiger charge is 2.22. The molecular formula is C17H26FNO. The lowest BCUT2D eigenvalue weighted by atomic mass is 9.84. The van der Waals surface area contributed by atoms with Crippen molar-refractivity contribution in [3.63, 3.8) is 0 Å². The molecule has 0 spiro atoms. The van der Waals surface area contributed by atoms with Gasteiger partial charge < -0.3 is 10.1 Å². The quantitative estimate of drug-likeness (QED) is 0.768. The van der Waals surface area contributed by atoms with Crippen LogP contribution in [-0.4, -0.2) is 26.3 Å². The fourth-order valence-corrected chi connectivity index (χ4v) is 2.96. The molecule has 2 rings (SSSR count). The summed E-state index contributed by atoms with van der Waals surface area (Å²) in [5.74, 6) is 0.866. The van der Waals surface area contributed by atoms with Gasteiger partial charge in [0.25, 0.3) is 0 Å². The number of halogens is 1. The van der Waals surface area contributed by atoms with Gasteiger partial charge in [0.1, 0.15) is 5.82 Å². The molecule has 2 nitrogen and oxygen atoms in total. The van der Waals surface area contributed by atoms with Crippen molar-refractivity contribution < 1.29 is 9.13 Å². The molecule has 0 aliphatic carbocycles. The average Bonchev–Trinajstić information content (AvgIpc) is 2.48. The molecule has 0 amide bonds. The summed E-state index contributed by atoms with van der Waals surface area (Å²) in [5.41, 5.74) is 0.864. The van der Waals surface area contributed by atoms with Crippen molar-refractivity contribution in [3.05, 3.63) is 35.6 Å². The van der Waals surface area contributed by atoms with E-state index in [1.165, 1.54) is 0 Å². The Balaban J connectivity index is 2.01. The SMILES string of the molecule is CCCNCC(CC1CCOCC1)c1ccccc1F. The van der Waals surface area contributed by atoms with E-state index in [0.717, 1.165) is 57.6 Å². The molecule has 0 aromatic heterocycles. The van der Waals surface area contributed by atoms with Gasteiger partial charge in [-0.3, -0.25) is 0 Å². The van der Waals surface area contributed by atoms with Gasteiger partial charge in [-0.05, 0) is 55.7 Å². The van der Waals surface area contributed by atoms with Crippen LogP contribution in [0.5, 0.6) is 0 Å². The van der Waals surface area contributed by atoms with Crippen LogP contribution in [0.4, 0.5) is 4.39 Å². The zero-order chi connectivity index (χ0) is 14.2. The summed E-state index contributed by atoms with van der Waals surface area (Å²) in [6.45, 7) is 5.74. The van der Waals surface area contributed by atoms with Gasteiger partial charge in [0.2, 0.25) is 0 Å². The van der Waals surface area contributed by atoms with E-state index in [9.17, 15) is 4.39 Å². The zero-order valence-electron chi connectivity index (χ0n) is 12.4. The van der Waals surface area contributed by atoms with Gasteiger partial charge in [0, 0.05) is 19.8 Å². The van der Waals surface area contributed by atoms with Crippen LogP contribution in [0.1, 0.15) is 44.1 Å². The third-order valence-corrected chi connectivity index (χ3v) is 4.12. The van der Waals surface area contributed by atoms with Gasteiger partial charge >= 0.3 is 0 Å². The molecule has 1 aromatic carbocycles. The molecule has 1 aliphatic rings. The lowest BCUT2D eigenvalue weighted by Gasteiger charge is -2.27. The van der Waals surface area contributed by atoms with E-state index in [1.807, 2.05) is 12.1 Å². The predicted molar refractivity (Wildman–Crippen MR) is 80.5 cm³/mol. The highest BCUT2D eigenvalue weighted by Crippen LogP contribution is 2.30. The third kappa shape index (κ3) is 4.57. The van der Waals surface area contributed by atoms with Crippen LogP contribution >= 0.6 is 0 Å². The molecule has 1 fully saturated rings. The van der Waals surface area contributed by atoms with Crippen LogP contribution in [0.15, 0.2) is 24.3 Å². The van der Waals surface area contributed by atoms with E-state index in [4.69, 9.17) is 4.74 Å². The standard InChI is InChI=1S/C17H26FNO/c1-2-9-19-13-15(12-14-7-10-20-11-8-14)16-5-3-4-6-17(16)18/h3-6,14-15,19H,2,7-13H2,1H3. The average molecular weight is 279 g/mol. The van der Waals surface area contributed by atoms with E-state index in [-0.39, 0.29) is 11.7 Å². The number of rotatable bonds is 7. The van der Waals surface area contributed by atoms with Gasteiger partial charge in [-0.15, -0.1) is 0 Å². The summed E-state index contributed by atoms with van der Waals surface area (Å²) in [6.07, 6.45) is 4.39. The van der Waals surface area contributed by atoms with Crippen molar-refractivity contribution in [1.82, 2.24) is 5.32 Å². The minimum absolute atomic E-state index is 0.0668. The summed E-state index contributed by atoms with van der Waals surface area (Å²) in [4.78, 5) is 0. The van der Waals surface area contributed by atoms with Gasteiger partial charge in [-0.2, -0.15) is 0 Å². The Morgan fingerprint density at radius 3 is 2.75 bits per heavy atom. The van der Waals surface area contributed by atoms with E-state index in [2.05, 4.69) is 12.2 Å². The minimum Gasteiger partial charge on any atom is -0.381 e. The molecule has 1 aliphatic heterocycles. The molecule has 1 heterocycles. The Labute approximate surface area is 121 Å². The van der Waals surface area contributed by atoms with Crippen LogP contribution in [0, 0.1) is 11.7 Å². The van der Waals surface area contributed by atoms with E-state index in [0.29, 0.717) is 5.92 Å². The van der Waals surface area contributed by atoms with Crippen molar-refractivity contribution in [2.24, 2.45) is 5.92 Å². The van der Waals surface area contributed by atoms with E-state index in [1.54, 1.807) is 12.1 Å². The van der Waals surface area contributed by atoms with Gasteiger partial charge in [0.05, 0.1) is 0 Å². The number of hydrogen-bond donors (Lipinski definition) is 1. The molecule has 1 N–H and O–H groups in total. The minimum atomic E-state index is -0.0668. The third-order valence-electron chi connectivity index (χ3n) is 4.12. The molecule has 112 valence electrons. The largest absolute Gasteiger partial charge is 0.381 e. The van der Waals surface area contributed by atoms with Crippen LogP contribution in [0.25, 0.3) is 0 Å². The molecule has 1 unspecified atom stereocenters. The Bertz CT molecular complexity index is 390. The zero-order valence-corrected chi connectivity index (χ0v) is 12.4. The van der Waals surface area contributed by atoms with Crippen molar-refractivity contribution in [3.8, 4) is 0 Å². The van der Waals surface area contributed by atoms with Crippen molar-refractivity contribution in [2.75, 3.05) is 26.3 Å². The van der Waals surface area contributed by atoms with Crippen LogP contribution in [-0.2, 0) is 4.74 Å². The summed E-state index contributed by atoms with van der Waals surface area (Å²) >= 11 is 0. The van der Waals surface area contributed by atoms with Gasteiger partial charge in [-0.25, -0.2) is 4.39 Å². The molecule has 1 saturated heterocycles. The molecular weight excluding hydrogens is 253 g/mol. The second-order valence-corrected chi connectivity index (χ2v) is 5.71. The summed E-state index contributed by atoms with van der Waals surface area (Å²) in [7, 11) is 0. The highest BCUT2D eigenvalue weighted by atomic mass is 19.1. The maximum Gasteiger partial charge on any atom is 0.126 e. The monoisotopic (exact) mass is 279 g/mol. The smallest absolute Gasteiger partial charge is 0.126 e. The van der Waals surface area contributed by atoms with Crippen LogP contribution < -0.4 is 5.32 Å². The normalized spacial score (nSPS) is 18.1. The van der Waals surface area contributed by atoms with Gasteiger partial charge in [-0.1, -0.05) is 25.1 Å². The molecule has 1 aromatic rings. The first-order valence-corrected chi connectivity index (χ1v) is 7.84. The van der Waals surface area contributed by atoms with E-state index < -0.39 is 0 Å². The maximum atomic E-state index is 14.1. The number of hydrogen-bond acceptors (Lipinski definition) is 2.